The molecule has 37 heavy (non-hydrogen) atoms. The molecule has 1 N–H and O–H groups in total. The fraction of sp³-hybridized carbons (Fsp3) is 1.00. The van der Waals surface area contributed by atoms with E-state index >= 15 is 0 Å². The average molecular weight is 519 g/mol. The first kappa shape index (κ1) is 31.4. The molecular weight excluding hydrogens is 452 g/mol. The van der Waals surface area contributed by atoms with E-state index in [1.165, 1.54) is 64.2 Å². The standard InChI is InChI=1S/C27H48O.C8H18O/c1-18(2)7-6-8-19(3)23-11-12-24-22-10-9-20-17-21(28)13-15-26(20,4)25(22)14-16-27(23,24)5;1-7(2,3)9-8(4,5)6/h18-25,28H,6-17H2,1-5H3;1-6H3/t19-,20+,21+,22+,23-,24+,25+,26+,27-;/m1./s1. The topological polar surface area (TPSA) is 29.5 Å². The molecule has 2 nitrogen and oxygen atoms in total. The number of hydrogen-bond donors (Lipinski definition) is 1. The van der Waals surface area contributed by atoms with E-state index in [0.29, 0.717) is 10.8 Å². The molecule has 0 spiro atoms. The molecule has 218 valence electrons. The summed E-state index contributed by atoms with van der Waals surface area (Å²) in [5, 5.41) is 10.3. The maximum atomic E-state index is 10.3. The Labute approximate surface area is 232 Å². The third-order valence-electron chi connectivity index (χ3n) is 11.5. The van der Waals surface area contributed by atoms with Crippen LogP contribution >= 0.6 is 0 Å². The summed E-state index contributed by atoms with van der Waals surface area (Å²) in [4.78, 5) is 0. The molecule has 4 saturated carbocycles. The summed E-state index contributed by atoms with van der Waals surface area (Å²) in [5.41, 5.74) is 1.12. The van der Waals surface area contributed by atoms with Crippen molar-refractivity contribution in [3.05, 3.63) is 0 Å². The summed E-state index contributed by atoms with van der Waals surface area (Å²) in [7, 11) is 0. The van der Waals surface area contributed by atoms with Gasteiger partial charge in [0.25, 0.3) is 0 Å². The molecule has 9 atom stereocenters. The largest absolute Gasteiger partial charge is 0.393 e. The van der Waals surface area contributed by atoms with E-state index in [1.807, 2.05) is 0 Å². The summed E-state index contributed by atoms with van der Waals surface area (Å²) < 4.78 is 5.62. The molecule has 0 aromatic heterocycles. The van der Waals surface area contributed by atoms with Crippen LogP contribution in [0.5, 0.6) is 0 Å². The van der Waals surface area contributed by atoms with Crippen LogP contribution in [0.3, 0.4) is 0 Å². The molecule has 4 aliphatic carbocycles. The van der Waals surface area contributed by atoms with Crippen molar-refractivity contribution in [2.45, 2.75) is 171 Å². The number of aliphatic hydroxyl groups excluding tert-OH is 1. The van der Waals surface area contributed by atoms with Gasteiger partial charge in [0.05, 0.1) is 17.3 Å². The van der Waals surface area contributed by atoms with Crippen molar-refractivity contribution in [1.29, 1.82) is 0 Å². The van der Waals surface area contributed by atoms with E-state index in [1.54, 1.807) is 0 Å². The Balaban J connectivity index is 0.000000364. The maximum Gasteiger partial charge on any atom is 0.0605 e. The van der Waals surface area contributed by atoms with Crippen LogP contribution < -0.4 is 0 Å². The van der Waals surface area contributed by atoms with Crippen LogP contribution in [0.25, 0.3) is 0 Å². The fourth-order valence-corrected chi connectivity index (χ4v) is 10.2. The second kappa shape index (κ2) is 11.8. The van der Waals surface area contributed by atoms with Crippen LogP contribution in [0.4, 0.5) is 0 Å². The van der Waals surface area contributed by atoms with Gasteiger partial charge in [0.1, 0.15) is 0 Å². The maximum absolute atomic E-state index is 10.3. The Morgan fingerprint density at radius 1 is 0.757 bits per heavy atom. The lowest BCUT2D eigenvalue weighted by Gasteiger charge is -2.61. The lowest BCUT2D eigenvalue weighted by Crippen LogP contribution is -2.54. The molecule has 0 saturated heterocycles. The normalized spacial score (nSPS) is 40.8. The van der Waals surface area contributed by atoms with E-state index in [4.69, 9.17) is 4.74 Å². The van der Waals surface area contributed by atoms with Crippen LogP contribution in [-0.4, -0.2) is 22.4 Å². The second-order valence-electron chi connectivity index (χ2n) is 16.9. The molecule has 0 unspecified atom stereocenters. The quantitative estimate of drug-likeness (QED) is 0.392. The van der Waals surface area contributed by atoms with Gasteiger partial charge >= 0.3 is 0 Å². The van der Waals surface area contributed by atoms with Crippen molar-refractivity contribution in [2.24, 2.45) is 52.3 Å². The molecule has 4 aliphatic rings. The molecule has 0 aromatic carbocycles. The van der Waals surface area contributed by atoms with Crippen LogP contribution in [0, 0.1) is 52.3 Å². The van der Waals surface area contributed by atoms with Crippen molar-refractivity contribution in [3.63, 3.8) is 0 Å². The van der Waals surface area contributed by atoms with Crippen LogP contribution in [0.15, 0.2) is 0 Å². The smallest absolute Gasteiger partial charge is 0.0605 e. The van der Waals surface area contributed by atoms with Gasteiger partial charge in [0.15, 0.2) is 0 Å². The minimum Gasteiger partial charge on any atom is -0.393 e. The molecule has 0 aromatic rings. The zero-order valence-electron chi connectivity index (χ0n) is 27.0. The Morgan fingerprint density at radius 3 is 1.92 bits per heavy atom. The summed E-state index contributed by atoms with van der Waals surface area (Å²) in [6.45, 7) is 25.1. The number of rotatable bonds is 5. The lowest BCUT2D eigenvalue weighted by molar-refractivity contribution is -0.129. The van der Waals surface area contributed by atoms with Gasteiger partial charge in [-0.3, -0.25) is 0 Å². The first-order chi connectivity index (χ1) is 17.0. The SMILES string of the molecule is CC(C)(C)OC(C)(C)C.CC(C)CCC[C@@H](C)[C@H]1CC[C@H]2[C@@H]3CC[C@H]4C[C@@H](O)CC[C@]4(C)[C@H]3CC[C@]12C. The van der Waals surface area contributed by atoms with Crippen molar-refractivity contribution in [3.8, 4) is 0 Å². The van der Waals surface area contributed by atoms with E-state index in [2.05, 4.69) is 76.2 Å². The minimum absolute atomic E-state index is 0.00830. The number of ether oxygens (including phenoxy) is 1. The van der Waals surface area contributed by atoms with Gasteiger partial charge in [0.2, 0.25) is 0 Å². The molecule has 0 heterocycles. The highest BCUT2D eigenvalue weighted by Crippen LogP contribution is 2.68. The molecule has 0 amide bonds. The van der Waals surface area contributed by atoms with Crippen LogP contribution in [0.2, 0.25) is 0 Å². The van der Waals surface area contributed by atoms with Gasteiger partial charge < -0.3 is 9.84 Å². The third-order valence-corrected chi connectivity index (χ3v) is 11.5. The molecule has 4 fully saturated rings. The summed E-state index contributed by atoms with van der Waals surface area (Å²) in [5.74, 6) is 6.49. The second-order valence-corrected chi connectivity index (χ2v) is 16.9. The zero-order chi connectivity index (χ0) is 27.8. The number of hydrogen-bond acceptors (Lipinski definition) is 2. The summed E-state index contributed by atoms with van der Waals surface area (Å²) >= 11 is 0. The Morgan fingerprint density at radius 2 is 1.35 bits per heavy atom. The molecule has 0 radical (unpaired) electrons. The van der Waals surface area contributed by atoms with Gasteiger partial charge in [-0.15, -0.1) is 0 Å². The first-order valence-electron chi connectivity index (χ1n) is 16.3. The molecule has 0 aliphatic heterocycles. The Kier molecular flexibility index (Phi) is 10.0. The van der Waals surface area contributed by atoms with E-state index < -0.39 is 0 Å². The first-order valence-corrected chi connectivity index (χ1v) is 16.3. The Hall–Kier alpha value is -0.0800. The van der Waals surface area contributed by atoms with Crippen molar-refractivity contribution in [2.75, 3.05) is 0 Å². The summed E-state index contributed by atoms with van der Waals surface area (Å²) in [6, 6.07) is 0. The predicted molar refractivity (Wildman–Crippen MR) is 160 cm³/mol. The Bertz CT molecular complexity index is 702. The molecule has 0 bridgehead atoms. The van der Waals surface area contributed by atoms with Crippen molar-refractivity contribution < 1.29 is 9.84 Å². The van der Waals surface area contributed by atoms with Crippen molar-refractivity contribution in [1.82, 2.24) is 0 Å². The van der Waals surface area contributed by atoms with Gasteiger partial charge in [-0.1, -0.05) is 53.9 Å². The summed E-state index contributed by atoms with van der Waals surface area (Å²) in [6.07, 6.45) is 16.6. The average Bonchev–Trinajstić information content (AvgIpc) is 3.09. The van der Waals surface area contributed by atoms with E-state index in [0.717, 1.165) is 54.3 Å². The van der Waals surface area contributed by atoms with Gasteiger partial charge in [-0.2, -0.15) is 0 Å². The minimum atomic E-state index is -0.0156. The number of fused-ring (bicyclic) bond motifs is 5. The van der Waals surface area contributed by atoms with Gasteiger partial charge in [-0.05, 0) is 152 Å². The van der Waals surface area contributed by atoms with Crippen LogP contribution in [0.1, 0.15) is 153 Å². The zero-order valence-corrected chi connectivity index (χ0v) is 27.0. The van der Waals surface area contributed by atoms with E-state index in [9.17, 15) is 5.11 Å². The fourth-order valence-electron chi connectivity index (χ4n) is 10.2. The highest BCUT2D eigenvalue weighted by atomic mass is 16.5. The van der Waals surface area contributed by atoms with Gasteiger partial charge in [0, 0.05) is 0 Å². The highest BCUT2D eigenvalue weighted by molar-refractivity contribution is 5.09. The number of aliphatic hydroxyl groups is 1. The predicted octanol–water partition coefficient (Wildman–Crippen LogP) is 10.1. The van der Waals surface area contributed by atoms with Gasteiger partial charge in [-0.25, -0.2) is 0 Å². The molecular formula is C35H66O2. The third kappa shape index (κ3) is 7.56. The van der Waals surface area contributed by atoms with Crippen molar-refractivity contribution >= 4 is 0 Å². The van der Waals surface area contributed by atoms with E-state index in [-0.39, 0.29) is 17.3 Å². The lowest BCUT2D eigenvalue weighted by atomic mass is 9.44. The molecule has 2 heteroatoms. The molecule has 4 rings (SSSR count). The van der Waals surface area contributed by atoms with Crippen LogP contribution in [-0.2, 0) is 4.74 Å². The monoisotopic (exact) mass is 519 g/mol. The highest BCUT2D eigenvalue weighted by Gasteiger charge is 2.60.